The first-order chi connectivity index (χ1) is 7.00. The molecule has 0 saturated heterocycles. The van der Waals surface area contributed by atoms with Crippen LogP contribution in [0.2, 0.25) is 0 Å². The van der Waals surface area contributed by atoms with Crippen LogP contribution in [0.15, 0.2) is 24.3 Å². The summed E-state index contributed by atoms with van der Waals surface area (Å²) in [6.07, 6.45) is 0. The van der Waals surface area contributed by atoms with Gasteiger partial charge >= 0.3 is 0 Å². The van der Waals surface area contributed by atoms with Crippen LogP contribution in [-0.2, 0) is 4.79 Å². The Bertz CT molecular complexity index is 354. The Balaban J connectivity index is 2.68. The van der Waals surface area contributed by atoms with E-state index in [0.717, 1.165) is 5.56 Å². The van der Waals surface area contributed by atoms with Gasteiger partial charge in [0.1, 0.15) is 5.82 Å². The first-order valence-electron chi connectivity index (χ1n) is 4.81. The fraction of sp³-hybridized carbons (Fsp3) is 0.364. The number of benzene rings is 1. The van der Waals surface area contributed by atoms with Crippen molar-refractivity contribution in [1.29, 1.82) is 0 Å². The lowest BCUT2D eigenvalue weighted by Gasteiger charge is -2.17. The number of nitrogens with one attached hydrogen (secondary N) is 1. The van der Waals surface area contributed by atoms with Gasteiger partial charge in [0.15, 0.2) is 0 Å². The van der Waals surface area contributed by atoms with Gasteiger partial charge in [-0.1, -0.05) is 12.1 Å². The summed E-state index contributed by atoms with van der Waals surface area (Å²) >= 11 is 0. The summed E-state index contributed by atoms with van der Waals surface area (Å²) in [5, 5.41) is 2.98. The normalized spacial score (nSPS) is 14.6. The fourth-order valence-corrected chi connectivity index (χ4v) is 1.33. The summed E-state index contributed by atoms with van der Waals surface area (Å²) in [5.41, 5.74) is 5.91. The molecule has 2 atom stereocenters. The van der Waals surface area contributed by atoms with Crippen LogP contribution in [0.1, 0.15) is 25.5 Å². The van der Waals surface area contributed by atoms with E-state index in [2.05, 4.69) is 5.32 Å². The monoisotopic (exact) mass is 210 g/mol. The molecule has 1 amide bonds. The SMILES string of the molecule is C[C@@H](N[C@H](C)c1cccc(F)c1)C(N)=O. The third kappa shape index (κ3) is 3.32. The number of primary amides is 1. The summed E-state index contributed by atoms with van der Waals surface area (Å²) in [7, 11) is 0. The molecule has 0 heterocycles. The summed E-state index contributed by atoms with van der Waals surface area (Å²) in [4.78, 5) is 10.8. The highest BCUT2D eigenvalue weighted by Gasteiger charge is 2.13. The lowest BCUT2D eigenvalue weighted by Crippen LogP contribution is -2.40. The smallest absolute Gasteiger partial charge is 0.234 e. The summed E-state index contributed by atoms with van der Waals surface area (Å²) < 4.78 is 12.9. The Morgan fingerprint density at radius 1 is 1.47 bits per heavy atom. The maximum atomic E-state index is 12.9. The van der Waals surface area contributed by atoms with Crippen molar-refractivity contribution in [2.24, 2.45) is 5.73 Å². The van der Waals surface area contributed by atoms with Crippen LogP contribution in [0.25, 0.3) is 0 Å². The van der Waals surface area contributed by atoms with Crippen molar-refractivity contribution in [1.82, 2.24) is 5.32 Å². The molecule has 15 heavy (non-hydrogen) atoms. The minimum absolute atomic E-state index is 0.108. The first kappa shape index (κ1) is 11.7. The van der Waals surface area contributed by atoms with Gasteiger partial charge in [-0.3, -0.25) is 10.1 Å². The van der Waals surface area contributed by atoms with Crippen LogP contribution in [0.5, 0.6) is 0 Å². The third-order valence-electron chi connectivity index (χ3n) is 2.28. The van der Waals surface area contributed by atoms with Gasteiger partial charge in [-0.15, -0.1) is 0 Å². The average Bonchev–Trinajstić information content (AvgIpc) is 2.17. The van der Waals surface area contributed by atoms with Gasteiger partial charge in [0.25, 0.3) is 0 Å². The van der Waals surface area contributed by atoms with Crippen molar-refractivity contribution < 1.29 is 9.18 Å². The van der Waals surface area contributed by atoms with E-state index in [1.807, 2.05) is 6.92 Å². The number of rotatable bonds is 4. The van der Waals surface area contributed by atoms with Crippen molar-refractivity contribution in [3.63, 3.8) is 0 Å². The van der Waals surface area contributed by atoms with E-state index in [0.29, 0.717) is 0 Å². The number of halogens is 1. The second-order valence-corrected chi connectivity index (χ2v) is 3.57. The predicted molar refractivity (Wildman–Crippen MR) is 56.6 cm³/mol. The van der Waals surface area contributed by atoms with Crippen LogP contribution in [0.4, 0.5) is 4.39 Å². The van der Waals surface area contributed by atoms with E-state index in [1.165, 1.54) is 12.1 Å². The molecule has 0 aliphatic heterocycles. The van der Waals surface area contributed by atoms with Gasteiger partial charge in [-0.05, 0) is 31.5 Å². The van der Waals surface area contributed by atoms with E-state index in [-0.39, 0.29) is 11.9 Å². The third-order valence-corrected chi connectivity index (χ3v) is 2.28. The number of nitrogens with two attached hydrogens (primary N) is 1. The van der Waals surface area contributed by atoms with Crippen LogP contribution >= 0.6 is 0 Å². The largest absolute Gasteiger partial charge is 0.368 e. The highest BCUT2D eigenvalue weighted by molar-refractivity contribution is 5.79. The molecule has 3 nitrogen and oxygen atoms in total. The Morgan fingerprint density at radius 3 is 2.67 bits per heavy atom. The summed E-state index contributed by atoms with van der Waals surface area (Å²) in [6.45, 7) is 3.53. The first-order valence-corrected chi connectivity index (χ1v) is 4.81. The Morgan fingerprint density at radius 2 is 2.13 bits per heavy atom. The van der Waals surface area contributed by atoms with Crippen molar-refractivity contribution in [2.75, 3.05) is 0 Å². The lowest BCUT2D eigenvalue weighted by atomic mass is 10.1. The molecule has 0 spiro atoms. The van der Waals surface area contributed by atoms with E-state index in [1.54, 1.807) is 19.1 Å². The van der Waals surface area contributed by atoms with Crippen LogP contribution in [0, 0.1) is 5.82 Å². The van der Waals surface area contributed by atoms with E-state index in [4.69, 9.17) is 5.73 Å². The van der Waals surface area contributed by atoms with Crippen molar-refractivity contribution >= 4 is 5.91 Å². The zero-order chi connectivity index (χ0) is 11.4. The second kappa shape index (κ2) is 4.89. The molecule has 1 rings (SSSR count). The molecule has 0 aromatic heterocycles. The quantitative estimate of drug-likeness (QED) is 0.788. The molecule has 82 valence electrons. The van der Waals surface area contributed by atoms with Gasteiger partial charge < -0.3 is 5.73 Å². The molecule has 4 heteroatoms. The standard InChI is InChI=1S/C11H15FN2O/c1-7(14-8(2)11(13)15)9-4-3-5-10(12)6-9/h3-8,14H,1-2H3,(H2,13,15)/t7-,8-/m1/s1. The number of hydrogen-bond donors (Lipinski definition) is 2. The lowest BCUT2D eigenvalue weighted by molar-refractivity contribution is -0.119. The molecule has 0 bridgehead atoms. The van der Waals surface area contributed by atoms with Gasteiger partial charge in [-0.25, -0.2) is 4.39 Å². The highest BCUT2D eigenvalue weighted by Crippen LogP contribution is 2.13. The fourth-order valence-electron chi connectivity index (χ4n) is 1.33. The Hall–Kier alpha value is -1.42. The highest BCUT2D eigenvalue weighted by atomic mass is 19.1. The van der Waals surface area contributed by atoms with E-state index in [9.17, 15) is 9.18 Å². The van der Waals surface area contributed by atoms with Gasteiger partial charge in [0.2, 0.25) is 5.91 Å². The van der Waals surface area contributed by atoms with E-state index < -0.39 is 11.9 Å². The molecule has 1 aromatic rings. The molecule has 0 radical (unpaired) electrons. The molecule has 1 aromatic carbocycles. The molecule has 0 aliphatic carbocycles. The topological polar surface area (TPSA) is 55.1 Å². The Labute approximate surface area is 88.5 Å². The molecule has 0 unspecified atom stereocenters. The second-order valence-electron chi connectivity index (χ2n) is 3.57. The number of carbonyl (C=O) groups is 1. The molecule has 0 saturated carbocycles. The molecule has 3 N–H and O–H groups in total. The van der Waals surface area contributed by atoms with Crippen LogP contribution in [0.3, 0.4) is 0 Å². The molecular formula is C11H15FN2O. The number of hydrogen-bond acceptors (Lipinski definition) is 2. The van der Waals surface area contributed by atoms with E-state index >= 15 is 0 Å². The predicted octanol–water partition coefficient (Wildman–Crippen LogP) is 1.35. The van der Waals surface area contributed by atoms with Gasteiger partial charge in [-0.2, -0.15) is 0 Å². The number of carbonyl (C=O) groups excluding carboxylic acids is 1. The average molecular weight is 210 g/mol. The minimum atomic E-state index is -0.428. The van der Waals surface area contributed by atoms with Crippen LogP contribution in [-0.4, -0.2) is 11.9 Å². The van der Waals surface area contributed by atoms with Gasteiger partial charge in [0, 0.05) is 6.04 Å². The molecule has 0 aliphatic rings. The maximum absolute atomic E-state index is 12.9. The zero-order valence-electron chi connectivity index (χ0n) is 8.83. The summed E-state index contributed by atoms with van der Waals surface area (Å²) in [5.74, 6) is -0.703. The summed E-state index contributed by atoms with van der Waals surface area (Å²) in [6, 6.07) is 5.72. The van der Waals surface area contributed by atoms with Crippen molar-refractivity contribution in [3.05, 3.63) is 35.6 Å². The molecular weight excluding hydrogens is 195 g/mol. The Kier molecular flexibility index (Phi) is 3.80. The van der Waals surface area contributed by atoms with Crippen molar-refractivity contribution in [2.45, 2.75) is 25.9 Å². The van der Waals surface area contributed by atoms with Crippen molar-refractivity contribution in [3.8, 4) is 0 Å². The molecule has 0 fully saturated rings. The number of amides is 1. The van der Waals surface area contributed by atoms with Gasteiger partial charge in [0.05, 0.1) is 6.04 Å². The maximum Gasteiger partial charge on any atom is 0.234 e. The van der Waals surface area contributed by atoms with Crippen LogP contribution < -0.4 is 11.1 Å². The minimum Gasteiger partial charge on any atom is -0.368 e. The zero-order valence-corrected chi connectivity index (χ0v) is 8.83.